The fraction of sp³-hybridized carbons (Fsp3) is 0.174. The second-order valence-corrected chi connectivity index (χ2v) is 6.49. The average molecular weight is 389 g/mol. The lowest BCUT2D eigenvalue weighted by Gasteiger charge is -2.12. The van der Waals surface area contributed by atoms with E-state index in [-0.39, 0.29) is 17.3 Å². The molecular weight excluding hydrogens is 366 g/mol. The number of para-hydroxylation sites is 2. The molecule has 0 spiro atoms. The summed E-state index contributed by atoms with van der Waals surface area (Å²) in [5.41, 5.74) is 3.64. The molecule has 0 radical (unpaired) electrons. The lowest BCUT2D eigenvalue weighted by atomic mass is 10.1. The topological polar surface area (TPSA) is 80.3 Å². The number of aromatic nitrogens is 1. The summed E-state index contributed by atoms with van der Waals surface area (Å²) >= 11 is 0. The normalized spacial score (nSPS) is 10.3. The van der Waals surface area contributed by atoms with E-state index >= 15 is 0 Å². The Morgan fingerprint density at radius 2 is 1.41 bits per heavy atom. The van der Waals surface area contributed by atoms with Crippen molar-refractivity contribution < 1.29 is 14.3 Å². The summed E-state index contributed by atoms with van der Waals surface area (Å²) in [4.78, 5) is 29.5. The first-order valence-electron chi connectivity index (χ1n) is 9.37. The Morgan fingerprint density at radius 1 is 0.828 bits per heavy atom. The van der Waals surface area contributed by atoms with Gasteiger partial charge in [-0.2, -0.15) is 0 Å². The number of carbonyl (C=O) groups excluding carboxylic acids is 2. The van der Waals surface area contributed by atoms with Gasteiger partial charge < -0.3 is 15.4 Å². The van der Waals surface area contributed by atoms with Crippen LogP contribution in [-0.2, 0) is 0 Å². The fourth-order valence-electron chi connectivity index (χ4n) is 2.80. The third-order valence-corrected chi connectivity index (χ3v) is 4.50. The number of amides is 2. The molecule has 148 valence electrons. The highest BCUT2D eigenvalue weighted by Crippen LogP contribution is 2.24. The van der Waals surface area contributed by atoms with Crippen LogP contribution in [0, 0.1) is 13.8 Å². The van der Waals surface area contributed by atoms with Crippen molar-refractivity contribution in [1.29, 1.82) is 0 Å². The lowest BCUT2D eigenvalue weighted by molar-refractivity contribution is 0.101. The maximum Gasteiger partial charge on any atom is 0.274 e. The Morgan fingerprint density at radius 3 is 2.10 bits per heavy atom. The van der Waals surface area contributed by atoms with Crippen LogP contribution in [0.25, 0.3) is 0 Å². The number of hydrogen-bond donors (Lipinski definition) is 2. The molecule has 6 heteroatoms. The molecule has 2 N–H and O–H groups in total. The van der Waals surface area contributed by atoms with Gasteiger partial charge in [-0.15, -0.1) is 0 Å². The predicted octanol–water partition coefficient (Wildman–Crippen LogP) is 4.60. The van der Waals surface area contributed by atoms with Crippen molar-refractivity contribution in [3.05, 3.63) is 83.2 Å². The van der Waals surface area contributed by atoms with Gasteiger partial charge in [-0.1, -0.05) is 30.3 Å². The number of rotatable bonds is 6. The van der Waals surface area contributed by atoms with E-state index in [4.69, 9.17) is 4.74 Å². The number of aryl methyl sites for hydroxylation is 1. The number of nitrogens with one attached hydrogen (secondary N) is 2. The maximum atomic E-state index is 12.6. The Hall–Kier alpha value is -3.67. The standard InChI is InChI=1S/C23H23N3O3/c1-4-29-21-14-6-5-10-18(21)26-23(28)20-13-8-12-19(24-20)22(27)25-17-11-7-9-15(2)16(17)3/h5-14H,4H2,1-3H3,(H,25,27)(H,26,28). The van der Waals surface area contributed by atoms with Crippen LogP contribution in [0.2, 0.25) is 0 Å². The van der Waals surface area contributed by atoms with Gasteiger partial charge in [0, 0.05) is 5.69 Å². The largest absolute Gasteiger partial charge is 0.492 e. The summed E-state index contributed by atoms with van der Waals surface area (Å²) in [7, 11) is 0. The van der Waals surface area contributed by atoms with Gasteiger partial charge in [0.1, 0.15) is 17.1 Å². The smallest absolute Gasteiger partial charge is 0.274 e. The second kappa shape index (κ2) is 9.01. The molecule has 2 aromatic carbocycles. The molecular formula is C23H23N3O3. The van der Waals surface area contributed by atoms with Crippen molar-refractivity contribution in [2.24, 2.45) is 0 Å². The van der Waals surface area contributed by atoms with Crippen LogP contribution in [0.5, 0.6) is 5.75 Å². The highest BCUT2D eigenvalue weighted by Gasteiger charge is 2.15. The molecule has 0 bridgehead atoms. The van der Waals surface area contributed by atoms with Crippen molar-refractivity contribution in [2.75, 3.05) is 17.2 Å². The van der Waals surface area contributed by atoms with Gasteiger partial charge >= 0.3 is 0 Å². The molecule has 0 saturated carbocycles. The molecule has 0 atom stereocenters. The van der Waals surface area contributed by atoms with E-state index in [1.807, 2.05) is 45.0 Å². The Bertz CT molecular complexity index is 1050. The van der Waals surface area contributed by atoms with Crippen LogP contribution in [0.1, 0.15) is 39.0 Å². The number of nitrogens with zero attached hydrogens (tertiary/aromatic N) is 1. The van der Waals surface area contributed by atoms with Crippen LogP contribution in [0.15, 0.2) is 60.7 Å². The number of pyridine rings is 1. The highest BCUT2D eigenvalue weighted by molar-refractivity contribution is 6.06. The van der Waals surface area contributed by atoms with Crippen LogP contribution < -0.4 is 15.4 Å². The molecule has 0 aliphatic rings. The Labute approximate surface area is 169 Å². The first kappa shape index (κ1) is 20.1. The van der Waals surface area contributed by atoms with Crippen LogP contribution in [0.3, 0.4) is 0 Å². The predicted molar refractivity (Wildman–Crippen MR) is 114 cm³/mol. The van der Waals surface area contributed by atoms with Crippen LogP contribution in [0.4, 0.5) is 11.4 Å². The molecule has 3 rings (SSSR count). The number of carbonyl (C=O) groups is 2. The molecule has 0 fully saturated rings. The van der Waals surface area contributed by atoms with Crippen molar-refractivity contribution >= 4 is 23.2 Å². The third-order valence-electron chi connectivity index (χ3n) is 4.50. The molecule has 1 heterocycles. The Kier molecular flexibility index (Phi) is 6.24. The number of benzene rings is 2. The maximum absolute atomic E-state index is 12.6. The molecule has 3 aromatic rings. The van der Waals surface area contributed by atoms with Crippen molar-refractivity contribution in [3.63, 3.8) is 0 Å². The number of hydrogen-bond acceptors (Lipinski definition) is 4. The Balaban J connectivity index is 1.78. The van der Waals surface area contributed by atoms with Crippen molar-refractivity contribution in [1.82, 2.24) is 4.98 Å². The van der Waals surface area contributed by atoms with Gasteiger partial charge in [-0.25, -0.2) is 4.98 Å². The van der Waals surface area contributed by atoms with E-state index in [9.17, 15) is 9.59 Å². The molecule has 0 aliphatic carbocycles. The summed E-state index contributed by atoms with van der Waals surface area (Å²) in [6.07, 6.45) is 0. The molecule has 0 aliphatic heterocycles. The van der Waals surface area contributed by atoms with E-state index in [2.05, 4.69) is 15.6 Å². The summed E-state index contributed by atoms with van der Waals surface area (Å²) in [6.45, 7) is 6.28. The second-order valence-electron chi connectivity index (χ2n) is 6.49. The quantitative estimate of drug-likeness (QED) is 0.646. The van der Waals surface area contributed by atoms with E-state index < -0.39 is 5.91 Å². The zero-order valence-corrected chi connectivity index (χ0v) is 16.7. The van der Waals surface area contributed by atoms with Gasteiger partial charge in [0.2, 0.25) is 0 Å². The molecule has 2 amide bonds. The minimum Gasteiger partial charge on any atom is -0.492 e. The third kappa shape index (κ3) is 4.79. The first-order valence-corrected chi connectivity index (χ1v) is 9.37. The van der Waals surface area contributed by atoms with Crippen LogP contribution in [-0.4, -0.2) is 23.4 Å². The summed E-state index contributed by atoms with van der Waals surface area (Å²) in [5, 5.41) is 5.64. The summed E-state index contributed by atoms with van der Waals surface area (Å²) in [5.74, 6) is -0.214. The zero-order valence-electron chi connectivity index (χ0n) is 16.7. The average Bonchev–Trinajstić information content (AvgIpc) is 2.73. The summed E-state index contributed by atoms with van der Waals surface area (Å²) < 4.78 is 5.52. The minimum absolute atomic E-state index is 0.143. The monoisotopic (exact) mass is 389 g/mol. The van der Waals surface area contributed by atoms with Gasteiger partial charge in [0.15, 0.2) is 0 Å². The molecule has 0 saturated heterocycles. The van der Waals surface area contributed by atoms with Gasteiger partial charge in [-0.3, -0.25) is 9.59 Å². The lowest BCUT2D eigenvalue weighted by Crippen LogP contribution is -2.19. The van der Waals surface area contributed by atoms with E-state index in [0.717, 1.165) is 16.8 Å². The SMILES string of the molecule is CCOc1ccccc1NC(=O)c1cccc(C(=O)Nc2cccc(C)c2C)n1. The van der Waals surface area contributed by atoms with E-state index in [1.54, 1.807) is 36.4 Å². The van der Waals surface area contributed by atoms with Gasteiger partial charge in [0.05, 0.1) is 12.3 Å². The molecule has 0 unspecified atom stereocenters. The minimum atomic E-state index is -0.418. The van der Waals surface area contributed by atoms with Gasteiger partial charge in [0.25, 0.3) is 11.8 Å². The fourth-order valence-corrected chi connectivity index (χ4v) is 2.80. The number of anilines is 2. The highest BCUT2D eigenvalue weighted by atomic mass is 16.5. The molecule has 29 heavy (non-hydrogen) atoms. The van der Waals surface area contributed by atoms with E-state index in [1.165, 1.54) is 0 Å². The summed E-state index contributed by atoms with van der Waals surface area (Å²) in [6, 6.07) is 17.6. The van der Waals surface area contributed by atoms with Gasteiger partial charge in [-0.05, 0) is 62.2 Å². The van der Waals surface area contributed by atoms with E-state index in [0.29, 0.717) is 18.0 Å². The molecule has 6 nitrogen and oxygen atoms in total. The molecule has 1 aromatic heterocycles. The first-order chi connectivity index (χ1) is 14.0. The zero-order chi connectivity index (χ0) is 20.8. The van der Waals surface area contributed by atoms with Crippen molar-refractivity contribution in [3.8, 4) is 5.75 Å². The van der Waals surface area contributed by atoms with Crippen molar-refractivity contribution in [2.45, 2.75) is 20.8 Å². The van der Waals surface area contributed by atoms with Crippen LogP contribution >= 0.6 is 0 Å². The number of ether oxygens (including phenoxy) is 1.